The average molecular weight is 327 g/mol. The second-order valence-corrected chi connectivity index (χ2v) is 6.17. The number of rotatable bonds is 7. The van der Waals surface area contributed by atoms with Crippen LogP contribution in [-0.4, -0.2) is 28.4 Å². The van der Waals surface area contributed by atoms with Crippen molar-refractivity contribution in [2.45, 2.75) is 38.5 Å². The van der Waals surface area contributed by atoms with Gasteiger partial charge in [-0.3, -0.25) is 25.0 Å². The highest BCUT2D eigenvalue weighted by Gasteiger charge is 2.18. The number of carbonyl (C=O) groups is 2. The summed E-state index contributed by atoms with van der Waals surface area (Å²) in [6.07, 6.45) is 6.96. The Hall–Kier alpha value is -2.03. The molecule has 8 nitrogen and oxygen atoms in total. The van der Waals surface area contributed by atoms with E-state index >= 15 is 0 Å². The second-order valence-electron chi connectivity index (χ2n) is 5.16. The lowest BCUT2D eigenvalue weighted by Crippen LogP contribution is -2.20. The first-order valence-electron chi connectivity index (χ1n) is 7.10. The molecule has 1 saturated carbocycles. The zero-order valence-corrected chi connectivity index (χ0v) is 12.8. The standard InChI is InChI=1S/C13H17N3O5S/c17-10(15-13-14-7-11(22-13)16(19)20)8-21-12(18)6-5-9-3-1-2-4-9/h7,9H,1-6,8H2,(H,14,15,17). The minimum Gasteiger partial charge on any atom is -0.456 e. The molecule has 0 aliphatic heterocycles. The number of thiazole rings is 1. The molecule has 0 atom stereocenters. The molecule has 0 aromatic carbocycles. The van der Waals surface area contributed by atoms with E-state index in [0.717, 1.165) is 36.8 Å². The Morgan fingerprint density at radius 3 is 2.82 bits per heavy atom. The third kappa shape index (κ3) is 5.06. The summed E-state index contributed by atoms with van der Waals surface area (Å²) in [5.74, 6) is -0.358. The van der Waals surface area contributed by atoms with E-state index in [1.165, 1.54) is 12.8 Å². The Morgan fingerprint density at radius 2 is 2.18 bits per heavy atom. The molecule has 0 spiro atoms. The SMILES string of the molecule is O=C(COC(=O)CCC1CCCC1)Nc1ncc([N+](=O)[O-])s1. The Balaban J connectivity index is 1.65. The second kappa shape index (κ2) is 7.83. The molecule has 0 saturated heterocycles. The molecule has 22 heavy (non-hydrogen) atoms. The van der Waals surface area contributed by atoms with Crippen LogP contribution in [0.2, 0.25) is 0 Å². The number of aromatic nitrogens is 1. The number of nitrogens with one attached hydrogen (secondary N) is 1. The molecule has 0 unspecified atom stereocenters. The summed E-state index contributed by atoms with van der Waals surface area (Å²) in [7, 11) is 0. The van der Waals surface area contributed by atoms with Gasteiger partial charge in [0.1, 0.15) is 6.20 Å². The Bertz CT molecular complexity index is 554. The first kappa shape index (κ1) is 16.3. The van der Waals surface area contributed by atoms with Crippen molar-refractivity contribution in [1.29, 1.82) is 0 Å². The zero-order chi connectivity index (χ0) is 15.9. The maximum absolute atomic E-state index is 11.6. The lowest BCUT2D eigenvalue weighted by molar-refractivity contribution is -0.380. The van der Waals surface area contributed by atoms with E-state index in [1.54, 1.807) is 0 Å². The van der Waals surface area contributed by atoms with Crippen LogP contribution in [0, 0.1) is 16.0 Å². The minimum absolute atomic E-state index is 0.110. The van der Waals surface area contributed by atoms with Crippen molar-refractivity contribution in [2.75, 3.05) is 11.9 Å². The largest absolute Gasteiger partial charge is 0.456 e. The van der Waals surface area contributed by atoms with Crippen LogP contribution < -0.4 is 5.32 Å². The number of nitrogens with zero attached hydrogens (tertiary/aromatic N) is 2. The number of hydrogen-bond donors (Lipinski definition) is 1. The van der Waals surface area contributed by atoms with Crippen molar-refractivity contribution >= 4 is 33.3 Å². The predicted molar refractivity (Wildman–Crippen MR) is 79.5 cm³/mol. The molecule has 1 fully saturated rings. The van der Waals surface area contributed by atoms with Gasteiger partial charge in [0.2, 0.25) is 0 Å². The van der Waals surface area contributed by atoms with E-state index in [4.69, 9.17) is 4.74 Å². The third-order valence-corrected chi connectivity index (χ3v) is 4.38. The maximum atomic E-state index is 11.6. The molecule has 1 amide bonds. The highest BCUT2D eigenvalue weighted by atomic mass is 32.1. The van der Waals surface area contributed by atoms with Gasteiger partial charge in [-0.2, -0.15) is 0 Å². The molecule has 9 heteroatoms. The van der Waals surface area contributed by atoms with Gasteiger partial charge in [0, 0.05) is 6.42 Å². The molecule has 1 aliphatic carbocycles. The van der Waals surface area contributed by atoms with Crippen molar-refractivity contribution in [3.05, 3.63) is 16.3 Å². The Morgan fingerprint density at radius 1 is 1.45 bits per heavy atom. The third-order valence-electron chi connectivity index (χ3n) is 3.52. The van der Waals surface area contributed by atoms with E-state index in [-0.39, 0.29) is 10.1 Å². The van der Waals surface area contributed by atoms with Crippen LogP contribution in [0.5, 0.6) is 0 Å². The van der Waals surface area contributed by atoms with E-state index in [9.17, 15) is 19.7 Å². The van der Waals surface area contributed by atoms with Gasteiger partial charge in [0.15, 0.2) is 11.7 Å². The van der Waals surface area contributed by atoms with Crippen molar-refractivity contribution in [3.8, 4) is 0 Å². The molecule has 1 aliphatic rings. The van der Waals surface area contributed by atoms with Crippen LogP contribution in [0.1, 0.15) is 38.5 Å². The van der Waals surface area contributed by atoms with Crippen LogP contribution in [0.3, 0.4) is 0 Å². The molecular formula is C13H17N3O5S. The van der Waals surface area contributed by atoms with Crippen molar-refractivity contribution in [1.82, 2.24) is 4.98 Å². The van der Waals surface area contributed by atoms with Gasteiger partial charge in [0.25, 0.3) is 5.91 Å². The topological polar surface area (TPSA) is 111 Å². The fraction of sp³-hybridized carbons (Fsp3) is 0.615. The van der Waals surface area contributed by atoms with E-state index < -0.39 is 23.4 Å². The summed E-state index contributed by atoms with van der Waals surface area (Å²) >= 11 is 0.748. The number of hydrogen-bond acceptors (Lipinski definition) is 7. The lowest BCUT2D eigenvalue weighted by Gasteiger charge is -2.08. The normalized spacial score (nSPS) is 14.7. The molecule has 0 radical (unpaired) electrons. The van der Waals surface area contributed by atoms with Crippen LogP contribution in [-0.2, 0) is 14.3 Å². The molecule has 1 heterocycles. The fourth-order valence-electron chi connectivity index (χ4n) is 2.40. The van der Waals surface area contributed by atoms with Crippen LogP contribution in [0.15, 0.2) is 6.20 Å². The Kier molecular flexibility index (Phi) is 5.82. The predicted octanol–water partition coefficient (Wildman–Crippen LogP) is 2.50. The van der Waals surface area contributed by atoms with Crippen molar-refractivity contribution < 1.29 is 19.2 Å². The Labute approximate surface area is 131 Å². The van der Waals surface area contributed by atoms with Gasteiger partial charge in [-0.25, -0.2) is 4.98 Å². The van der Waals surface area contributed by atoms with Gasteiger partial charge in [-0.1, -0.05) is 25.7 Å². The molecule has 1 N–H and O–H groups in total. The number of esters is 1. The number of anilines is 1. The molecule has 2 rings (SSSR count). The number of amides is 1. The highest BCUT2D eigenvalue weighted by molar-refractivity contribution is 7.18. The van der Waals surface area contributed by atoms with Crippen LogP contribution in [0.25, 0.3) is 0 Å². The molecule has 0 bridgehead atoms. The molecule has 120 valence electrons. The smallest absolute Gasteiger partial charge is 0.345 e. The molecule has 1 aromatic heterocycles. The summed E-state index contributed by atoms with van der Waals surface area (Å²) in [5, 5.41) is 12.8. The maximum Gasteiger partial charge on any atom is 0.345 e. The summed E-state index contributed by atoms with van der Waals surface area (Å²) in [5.41, 5.74) is 0. The van der Waals surface area contributed by atoms with Crippen molar-refractivity contribution in [3.63, 3.8) is 0 Å². The first-order chi connectivity index (χ1) is 10.5. The summed E-state index contributed by atoms with van der Waals surface area (Å²) in [6, 6.07) is 0. The number of carbonyl (C=O) groups excluding carboxylic acids is 2. The number of ether oxygens (including phenoxy) is 1. The van der Waals surface area contributed by atoms with Gasteiger partial charge >= 0.3 is 11.0 Å². The van der Waals surface area contributed by atoms with Crippen LogP contribution in [0.4, 0.5) is 10.1 Å². The molecular weight excluding hydrogens is 310 g/mol. The summed E-state index contributed by atoms with van der Waals surface area (Å²) < 4.78 is 4.88. The van der Waals surface area contributed by atoms with Crippen molar-refractivity contribution in [2.24, 2.45) is 5.92 Å². The summed E-state index contributed by atoms with van der Waals surface area (Å²) in [6.45, 7) is -0.406. The zero-order valence-electron chi connectivity index (χ0n) is 11.9. The fourth-order valence-corrected chi connectivity index (χ4v) is 3.05. The average Bonchev–Trinajstić information content (AvgIpc) is 3.14. The van der Waals surface area contributed by atoms with Gasteiger partial charge < -0.3 is 4.74 Å². The minimum atomic E-state index is -0.587. The molecule has 1 aromatic rings. The van der Waals surface area contributed by atoms with E-state index in [2.05, 4.69) is 10.3 Å². The quantitative estimate of drug-likeness (QED) is 0.468. The number of nitro groups is 1. The van der Waals surface area contributed by atoms with Crippen LogP contribution >= 0.6 is 11.3 Å². The highest BCUT2D eigenvalue weighted by Crippen LogP contribution is 2.28. The van der Waals surface area contributed by atoms with Gasteiger partial charge in [-0.05, 0) is 23.7 Å². The van der Waals surface area contributed by atoms with Gasteiger partial charge in [0.05, 0.1) is 4.92 Å². The lowest BCUT2D eigenvalue weighted by atomic mass is 10.0. The first-order valence-corrected chi connectivity index (χ1v) is 7.92. The monoisotopic (exact) mass is 327 g/mol. The summed E-state index contributed by atoms with van der Waals surface area (Å²) in [4.78, 5) is 36.7. The van der Waals surface area contributed by atoms with Gasteiger partial charge in [-0.15, -0.1) is 0 Å². The van der Waals surface area contributed by atoms with E-state index in [1.807, 2.05) is 0 Å². The van der Waals surface area contributed by atoms with E-state index in [0.29, 0.717) is 12.3 Å².